The second-order valence-electron chi connectivity index (χ2n) is 3.19. The first-order valence-corrected chi connectivity index (χ1v) is 5.46. The Morgan fingerprint density at radius 2 is 2.55 bits per heavy atom. The van der Waals surface area contributed by atoms with Crippen LogP contribution in [0.15, 0.2) is 5.11 Å². The molecule has 1 saturated carbocycles. The molecule has 0 aromatic heterocycles. The topological polar surface area (TPSA) is 26.5 Å². The van der Waals surface area contributed by atoms with Crippen molar-refractivity contribution in [1.29, 1.82) is 0 Å². The molecule has 2 atom stereocenters. The summed E-state index contributed by atoms with van der Waals surface area (Å²) in [5.74, 6) is 0.693. The first kappa shape index (κ1) is 7.38. The molecule has 2 aliphatic rings. The quantitative estimate of drug-likeness (QED) is 0.548. The minimum atomic E-state index is 0.693. The summed E-state index contributed by atoms with van der Waals surface area (Å²) in [5.41, 5.74) is 1.37. The average Bonchev–Trinajstić information content (AvgIpc) is 2.50. The summed E-state index contributed by atoms with van der Waals surface area (Å²) in [6.45, 7) is 0.959. The Morgan fingerprint density at radius 3 is 3.36 bits per heavy atom. The van der Waals surface area contributed by atoms with Crippen molar-refractivity contribution in [2.45, 2.75) is 24.5 Å². The second kappa shape index (κ2) is 3.00. The van der Waals surface area contributed by atoms with Crippen molar-refractivity contribution < 1.29 is 4.79 Å². The zero-order valence-corrected chi connectivity index (χ0v) is 7.60. The van der Waals surface area contributed by atoms with Crippen molar-refractivity contribution in [3.63, 3.8) is 0 Å². The minimum absolute atomic E-state index is 0.693. The van der Waals surface area contributed by atoms with Crippen molar-refractivity contribution in [3.05, 3.63) is 0 Å². The van der Waals surface area contributed by atoms with Gasteiger partial charge in [0.15, 0.2) is 0 Å². The van der Waals surface area contributed by atoms with Crippen molar-refractivity contribution >= 4 is 17.5 Å². The minimum Gasteiger partial charge on any atom is -0.161 e. The maximum atomic E-state index is 4.18. The van der Waals surface area contributed by atoms with Crippen LogP contribution in [0.25, 0.3) is 0 Å². The molecule has 11 heavy (non-hydrogen) atoms. The van der Waals surface area contributed by atoms with E-state index in [1.165, 1.54) is 25.0 Å². The highest BCUT2D eigenvalue weighted by Gasteiger charge is 2.40. The Labute approximate surface area is 71.2 Å². The molecular weight excluding hydrogens is 156 g/mol. The van der Waals surface area contributed by atoms with Gasteiger partial charge in [-0.25, -0.2) is 0 Å². The molecule has 1 fully saturated rings. The van der Waals surface area contributed by atoms with E-state index in [0.717, 1.165) is 11.8 Å². The van der Waals surface area contributed by atoms with Gasteiger partial charge in [0.1, 0.15) is 6.54 Å². The van der Waals surface area contributed by atoms with Gasteiger partial charge in [0.2, 0.25) is 0 Å². The summed E-state index contributed by atoms with van der Waals surface area (Å²) in [5, 5.41) is 4.90. The largest absolute Gasteiger partial charge is 0.324 e. The van der Waals surface area contributed by atoms with E-state index < -0.39 is 0 Å². The maximum Gasteiger partial charge on any atom is 0.324 e. The predicted molar refractivity (Wildman–Crippen MR) is 47.2 cm³/mol. The van der Waals surface area contributed by atoms with Gasteiger partial charge in [-0.2, -0.15) is 11.8 Å². The summed E-state index contributed by atoms with van der Waals surface area (Å²) in [7, 11) is 0. The predicted octanol–water partition coefficient (Wildman–Crippen LogP) is 1.63. The Kier molecular flexibility index (Phi) is 2.01. The van der Waals surface area contributed by atoms with Crippen LogP contribution in [0.2, 0.25) is 0 Å². The van der Waals surface area contributed by atoms with Crippen LogP contribution in [0.5, 0.6) is 0 Å². The Bertz CT molecular complexity index is 218. The smallest absolute Gasteiger partial charge is 0.161 e. The number of thioether (sulfide) groups is 1. The van der Waals surface area contributed by atoms with Crippen LogP contribution in [0.1, 0.15) is 19.3 Å². The summed E-state index contributed by atoms with van der Waals surface area (Å²) in [6, 6.07) is 0. The van der Waals surface area contributed by atoms with E-state index in [1.807, 2.05) is 11.8 Å². The molecule has 1 aliphatic heterocycles. The molecule has 0 radical (unpaired) electrons. The highest BCUT2D eigenvalue weighted by atomic mass is 32.2. The van der Waals surface area contributed by atoms with Crippen LogP contribution in [0.4, 0.5) is 0 Å². The first-order chi connectivity index (χ1) is 5.42. The van der Waals surface area contributed by atoms with Gasteiger partial charge in [-0.05, 0) is 19.1 Å². The van der Waals surface area contributed by atoms with Gasteiger partial charge in [0.05, 0.1) is 11.0 Å². The fourth-order valence-corrected chi connectivity index (χ4v) is 2.91. The molecular formula is C8H13N2S+. The van der Waals surface area contributed by atoms with E-state index in [4.69, 9.17) is 0 Å². The third-order valence-corrected chi connectivity index (χ3v) is 3.75. The van der Waals surface area contributed by atoms with E-state index in [9.17, 15) is 0 Å². The lowest BCUT2D eigenvalue weighted by molar-refractivity contribution is -0.0808. The number of rotatable bonds is 1. The molecule has 0 N–H and O–H groups in total. The highest BCUT2D eigenvalue weighted by Crippen LogP contribution is 2.31. The molecule has 0 aromatic rings. The molecule has 2 nitrogen and oxygen atoms in total. The van der Waals surface area contributed by atoms with Crippen molar-refractivity contribution in [2.24, 2.45) is 11.0 Å². The molecule has 0 saturated heterocycles. The number of hydrogen-bond donors (Lipinski definition) is 0. The van der Waals surface area contributed by atoms with Gasteiger partial charge in [-0.3, -0.25) is 0 Å². The molecule has 0 spiro atoms. The van der Waals surface area contributed by atoms with Crippen LogP contribution >= 0.6 is 11.8 Å². The Balaban J connectivity index is 2.12. The van der Waals surface area contributed by atoms with E-state index in [0.29, 0.717) is 5.92 Å². The average molecular weight is 169 g/mol. The molecule has 0 bridgehead atoms. The molecule has 1 aliphatic carbocycles. The summed E-state index contributed by atoms with van der Waals surface area (Å²) < 4.78 is 0. The number of fused-ring (bicyclic) bond motifs is 1. The fourth-order valence-electron chi connectivity index (χ4n) is 1.93. The fraction of sp³-hybridized carbons (Fsp3) is 0.875. The lowest BCUT2D eigenvalue weighted by atomic mass is 9.87. The van der Waals surface area contributed by atoms with Crippen molar-refractivity contribution in [1.82, 2.24) is 0 Å². The van der Waals surface area contributed by atoms with Gasteiger partial charge >= 0.3 is 5.71 Å². The van der Waals surface area contributed by atoms with Gasteiger partial charge in [-0.1, -0.05) is 0 Å². The SMILES string of the molecule is CSC1CCCC2=[N+]=NCC21. The molecule has 2 rings (SSSR count). The Morgan fingerprint density at radius 1 is 1.64 bits per heavy atom. The van der Waals surface area contributed by atoms with Gasteiger partial charge in [0, 0.05) is 16.5 Å². The maximum absolute atomic E-state index is 4.18. The van der Waals surface area contributed by atoms with Crippen LogP contribution in [0, 0.1) is 5.92 Å². The molecule has 0 amide bonds. The lowest BCUT2D eigenvalue weighted by Gasteiger charge is -2.21. The normalized spacial score (nSPS) is 35.2. The standard InChI is InChI=1S/C8H13N2S/c1-11-8-4-2-3-7-6(8)5-9-10-7/h6,8H,2-5H2,1H3/q+1. The third-order valence-electron chi connectivity index (χ3n) is 2.58. The van der Waals surface area contributed by atoms with Crippen LogP contribution in [-0.4, -0.2) is 28.6 Å². The third kappa shape index (κ3) is 1.23. The van der Waals surface area contributed by atoms with Crippen LogP contribution in [0.3, 0.4) is 0 Å². The molecule has 3 heteroatoms. The van der Waals surface area contributed by atoms with Gasteiger partial charge in [0.25, 0.3) is 0 Å². The van der Waals surface area contributed by atoms with E-state index >= 15 is 0 Å². The van der Waals surface area contributed by atoms with E-state index in [-0.39, 0.29) is 0 Å². The number of hydrogen-bond acceptors (Lipinski definition) is 2. The molecule has 0 aromatic carbocycles. The monoisotopic (exact) mass is 169 g/mol. The molecule has 60 valence electrons. The second-order valence-corrected chi connectivity index (χ2v) is 4.27. The van der Waals surface area contributed by atoms with E-state index in [2.05, 4.69) is 16.2 Å². The zero-order valence-electron chi connectivity index (χ0n) is 6.79. The van der Waals surface area contributed by atoms with Gasteiger partial charge in [-0.15, -0.1) is 0 Å². The molecule has 2 unspecified atom stereocenters. The summed E-state index contributed by atoms with van der Waals surface area (Å²) >= 11 is 1.98. The van der Waals surface area contributed by atoms with Gasteiger partial charge < -0.3 is 0 Å². The first-order valence-electron chi connectivity index (χ1n) is 4.18. The summed E-state index contributed by atoms with van der Waals surface area (Å²) in [4.78, 5) is 4.18. The zero-order chi connectivity index (χ0) is 7.68. The lowest BCUT2D eigenvalue weighted by Crippen LogP contribution is -2.30. The highest BCUT2D eigenvalue weighted by molar-refractivity contribution is 7.99. The van der Waals surface area contributed by atoms with Crippen molar-refractivity contribution in [2.75, 3.05) is 12.8 Å². The van der Waals surface area contributed by atoms with Crippen molar-refractivity contribution in [3.8, 4) is 0 Å². The molecule has 1 heterocycles. The van der Waals surface area contributed by atoms with E-state index in [1.54, 1.807) is 0 Å². The summed E-state index contributed by atoms with van der Waals surface area (Å²) in [6.07, 6.45) is 6.08. The number of nitrogens with zero attached hydrogens (tertiary/aromatic N) is 2. The van der Waals surface area contributed by atoms with Crippen LogP contribution in [-0.2, 0) is 0 Å². The van der Waals surface area contributed by atoms with Crippen LogP contribution < -0.4 is 0 Å². The Hall–Kier alpha value is -0.270.